The van der Waals surface area contributed by atoms with Gasteiger partial charge in [-0.1, -0.05) is 34.1 Å². The van der Waals surface area contributed by atoms with Crippen LogP contribution in [0.5, 0.6) is 0 Å². The molecule has 0 amide bonds. The summed E-state index contributed by atoms with van der Waals surface area (Å²) in [5.41, 5.74) is 8.33. The number of halogens is 2. The molecule has 0 fully saturated rings. The molecule has 2 rings (SSSR count). The zero-order valence-corrected chi connectivity index (χ0v) is 13.0. The van der Waals surface area contributed by atoms with Gasteiger partial charge in [-0.05, 0) is 42.3 Å². The highest BCUT2D eigenvalue weighted by Crippen LogP contribution is 2.24. The molecule has 0 aliphatic carbocycles. The SMILES string of the molecule is CN(CCC(N)c1ccccc1Br)c1ccc(F)cc1. The van der Waals surface area contributed by atoms with E-state index in [4.69, 9.17) is 5.73 Å². The van der Waals surface area contributed by atoms with Crippen LogP contribution in [0, 0.1) is 5.82 Å². The number of nitrogens with zero attached hydrogens (tertiary/aromatic N) is 1. The highest BCUT2D eigenvalue weighted by atomic mass is 79.9. The zero-order valence-electron chi connectivity index (χ0n) is 11.4. The van der Waals surface area contributed by atoms with Gasteiger partial charge in [0.05, 0.1) is 0 Å². The van der Waals surface area contributed by atoms with E-state index in [-0.39, 0.29) is 11.9 Å². The van der Waals surface area contributed by atoms with Gasteiger partial charge in [0.1, 0.15) is 5.82 Å². The molecule has 106 valence electrons. The van der Waals surface area contributed by atoms with E-state index >= 15 is 0 Å². The number of hydrogen-bond acceptors (Lipinski definition) is 2. The second-order valence-corrected chi connectivity index (χ2v) is 5.67. The molecular formula is C16H18BrFN2. The van der Waals surface area contributed by atoms with Crippen molar-refractivity contribution in [3.8, 4) is 0 Å². The van der Waals surface area contributed by atoms with Crippen LogP contribution in [0.15, 0.2) is 53.0 Å². The predicted molar refractivity (Wildman–Crippen MR) is 85.4 cm³/mol. The maximum Gasteiger partial charge on any atom is 0.123 e. The van der Waals surface area contributed by atoms with Crippen LogP contribution >= 0.6 is 15.9 Å². The third-order valence-electron chi connectivity index (χ3n) is 3.35. The first kappa shape index (κ1) is 15.0. The lowest BCUT2D eigenvalue weighted by Crippen LogP contribution is -2.23. The van der Waals surface area contributed by atoms with E-state index in [0.717, 1.165) is 28.7 Å². The van der Waals surface area contributed by atoms with Gasteiger partial charge in [-0.3, -0.25) is 0 Å². The summed E-state index contributed by atoms with van der Waals surface area (Å²) in [5.74, 6) is -0.216. The minimum absolute atomic E-state index is 0.0199. The van der Waals surface area contributed by atoms with Crippen molar-refractivity contribution >= 4 is 21.6 Å². The molecule has 2 aromatic carbocycles. The van der Waals surface area contributed by atoms with Crippen molar-refractivity contribution in [3.05, 3.63) is 64.4 Å². The number of anilines is 1. The Morgan fingerprint density at radius 1 is 1.15 bits per heavy atom. The Balaban J connectivity index is 1.95. The molecule has 0 heterocycles. The van der Waals surface area contributed by atoms with Gasteiger partial charge in [0, 0.05) is 29.8 Å². The largest absolute Gasteiger partial charge is 0.375 e. The minimum atomic E-state index is -0.216. The Morgan fingerprint density at radius 3 is 2.45 bits per heavy atom. The highest BCUT2D eigenvalue weighted by molar-refractivity contribution is 9.10. The fourth-order valence-electron chi connectivity index (χ4n) is 2.09. The van der Waals surface area contributed by atoms with Crippen LogP contribution in [0.4, 0.5) is 10.1 Å². The normalized spacial score (nSPS) is 12.2. The lowest BCUT2D eigenvalue weighted by molar-refractivity contribution is 0.625. The van der Waals surface area contributed by atoms with Gasteiger partial charge in [-0.25, -0.2) is 4.39 Å². The van der Waals surface area contributed by atoms with E-state index in [9.17, 15) is 4.39 Å². The van der Waals surface area contributed by atoms with Gasteiger partial charge < -0.3 is 10.6 Å². The first-order valence-corrected chi connectivity index (χ1v) is 7.34. The van der Waals surface area contributed by atoms with E-state index in [0.29, 0.717) is 0 Å². The Labute approximate surface area is 127 Å². The molecule has 0 radical (unpaired) electrons. The molecule has 2 nitrogen and oxygen atoms in total. The minimum Gasteiger partial charge on any atom is -0.375 e. The van der Waals surface area contributed by atoms with Crippen LogP contribution in [0.1, 0.15) is 18.0 Å². The van der Waals surface area contributed by atoms with Crippen LogP contribution in [0.25, 0.3) is 0 Å². The summed E-state index contributed by atoms with van der Waals surface area (Å²) in [7, 11) is 1.99. The molecule has 1 unspecified atom stereocenters. The van der Waals surface area contributed by atoms with Crippen molar-refractivity contribution in [2.45, 2.75) is 12.5 Å². The standard InChI is InChI=1S/C16H18BrFN2/c1-20(13-8-6-12(18)7-9-13)11-10-16(19)14-4-2-3-5-15(14)17/h2-9,16H,10-11,19H2,1H3. The second kappa shape index (κ2) is 6.86. The van der Waals surface area contributed by atoms with Crippen LogP contribution < -0.4 is 10.6 Å². The lowest BCUT2D eigenvalue weighted by atomic mass is 10.0. The smallest absolute Gasteiger partial charge is 0.123 e. The zero-order chi connectivity index (χ0) is 14.5. The van der Waals surface area contributed by atoms with Gasteiger partial charge >= 0.3 is 0 Å². The molecular weight excluding hydrogens is 319 g/mol. The van der Waals surface area contributed by atoms with Gasteiger partial charge in [0.2, 0.25) is 0 Å². The van der Waals surface area contributed by atoms with Gasteiger partial charge in [0.25, 0.3) is 0 Å². The Kier molecular flexibility index (Phi) is 5.15. The average molecular weight is 337 g/mol. The van der Waals surface area contributed by atoms with Crippen molar-refractivity contribution in [2.75, 3.05) is 18.5 Å². The Hall–Kier alpha value is -1.39. The summed E-state index contributed by atoms with van der Waals surface area (Å²) in [6, 6.07) is 14.5. The van der Waals surface area contributed by atoms with Crippen molar-refractivity contribution < 1.29 is 4.39 Å². The first-order chi connectivity index (χ1) is 9.58. The summed E-state index contributed by atoms with van der Waals surface area (Å²) >= 11 is 3.52. The van der Waals surface area contributed by atoms with E-state index in [1.54, 1.807) is 12.1 Å². The van der Waals surface area contributed by atoms with Gasteiger partial charge in [-0.15, -0.1) is 0 Å². The van der Waals surface area contributed by atoms with Crippen LogP contribution in [0.3, 0.4) is 0 Å². The summed E-state index contributed by atoms with van der Waals surface area (Å²) < 4.78 is 13.9. The molecule has 4 heteroatoms. The van der Waals surface area contributed by atoms with Crippen molar-refractivity contribution in [1.82, 2.24) is 0 Å². The van der Waals surface area contributed by atoms with E-state index < -0.39 is 0 Å². The first-order valence-electron chi connectivity index (χ1n) is 6.54. The highest BCUT2D eigenvalue weighted by Gasteiger charge is 2.10. The van der Waals surface area contributed by atoms with E-state index in [2.05, 4.69) is 20.8 Å². The van der Waals surface area contributed by atoms with E-state index in [1.165, 1.54) is 12.1 Å². The molecule has 0 saturated heterocycles. The molecule has 0 aliphatic heterocycles. The van der Waals surface area contributed by atoms with Crippen molar-refractivity contribution in [3.63, 3.8) is 0 Å². The molecule has 2 N–H and O–H groups in total. The molecule has 2 aromatic rings. The maximum absolute atomic E-state index is 12.9. The summed E-state index contributed by atoms with van der Waals surface area (Å²) in [6.45, 7) is 0.814. The number of nitrogens with two attached hydrogens (primary N) is 1. The predicted octanol–water partition coefficient (Wildman–Crippen LogP) is 4.11. The van der Waals surface area contributed by atoms with Crippen LogP contribution in [-0.2, 0) is 0 Å². The molecule has 20 heavy (non-hydrogen) atoms. The summed E-state index contributed by atoms with van der Waals surface area (Å²) in [4.78, 5) is 2.08. The molecule has 0 spiro atoms. The number of hydrogen-bond donors (Lipinski definition) is 1. The van der Waals surface area contributed by atoms with Crippen LogP contribution in [0.2, 0.25) is 0 Å². The second-order valence-electron chi connectivity index (χ2n) is 4.81. The summed E-state index contributed by atoms with van der Waals surface area (Å²) in [5, 5.41) is 0. The maximum atomic E-state index is 12.9. The molecule has 0 aliphatic rings. The Morgan fingerprint density at radius 2 is 1.80 bits per heavy atom. The average Bonchev–Trinajstić information content (AvgIpc) is 2.45. The van der Waals surface area contributed by atoms with Crippen molar-refractivity contribution in [2.24, 2.45) is 5.73 Å². The van der Waals surface area contributed by atoms with Crippen LogP contribution in [-0.4, -0.2) is 13.6 Å². The van der Waals surface area contributed by atoms with Crippen molar-refractivity contribution in [1.29, 1.82) is 0 Å². The number of benzene rings is 2. The van der Waals surface area contributed by atoms with Gasteiger partial charge in [0.15, 0.2) is 0 Å². The quantitative estimate of drug-likeness (QED) is 0.889. The third-order valence-corrected chi connectivity index (χ3v) is 4.07. The third kappa shape index (κ3) is 3.81. The molecule has 0 bridgehead atoms. The number of rotatable bonds is 5. The summed E-state index contributed by atoms with van der Waals surface area (Å²) in [6.07, 6.45) is 0.830. The lowest BCUT2D eigenvalue weighted by Gasteiger charge is -2.22. The Bertz CT molecular complexity index is 557. The molecule has 1 atom stereocenters. The fourth-order valence-corrected chi connectivity index (χ4v) is 2.67. The molecule has 0 saturated carbocycles. The topological polar surface area (TPSA) is 29.3 Å². The monoisotopic (exact) mass is 336 g/mol. The van der Waals surface area contributed by atoms with Gasteiger partial charge in [-0.2, -0.15) is 0 Å². The molecule has 0 aromatic heterocycles. The fraction of sp³-hybridized carbons (Fsp3) is 0.250. The van der Waals surface area contributed by atoms with E-state index in [1.807, 2.05) is 31.3 Å².